The Morgan fingerprint density at radius 2 is 2.14 bits per heavy atom. The van der Waals surface area contributed by atoms with Crippen molar-refractivity contribution in [3.05, 3.63) is 24.4 Å². The van der Waals surface area contributed by atoms with Gasteiger partial charge < -0.3 is 5.73 Å². The number of hydrogen-bond acceptors (Lipinski definition) is 4. The minimum absolute atomic E-state index is 0.0654. The summed E-state index contributed by atoms with van der Waals surface area (Å²) in [5, 5.41) is 0.0886. The van der Waals surface area contributed by atoms with Gasteiger partial charge in [-0.05, 0) is 30.9 Å². The Kier molecular flexibility index (Phi) is 3.41. The number of imidazole rings is 1. The van der Waals surface area contributed by atoms with Gasteiger partial charge in [-0.1, -0.05) is 19.9 Å². The van der Waals surface area contributed by atoms with Crippen LogP contribution in [-0.4, -0.2) is 34.7 Å². The van der Waals surface area contributed by atoms with Crippen LogP contribution < -0.4 is 5.73 Å². The van der Waals surface area contributed by atoms with Crippen molar-refractivity contribution in [3.63, 3.8) is 0 Å². The molecule has 1 fully saturated rings. The monoisotopic (exact) mass is 308 g/mol. The van der Waals surface area contributed by atoms with E-state index in [1.807, 2.05) is 19.9 Å². The van der Waals surface area contributed by atoms with Crippen molar-refractivity contribution in [3.8, 4) is 0 Å². The predicted molar refractivity (Wildman–Crippen MR) is 81.4 cm³/mol. The first-order chi connectivity index (χ1) is 9.91. The number of hydrogen-bond donors (Lipinski definition) is 1. The molecular formula is C14H20N4O2S. The smallest absolute Gasteiger partial charge is 0.263 e. The summed E-state index contributed by atoms with van der Waals surface area (Å²) in [7, 11) is -3.64. The van der Waals surface area contributed by atoms with Gasteiger partial charge in [0, 0.05) is 18.8 Å². The second kappa shape index (κ2) is 4.99. The van der Waals surface area contributed by atoms with E-state index in [1.54, 1.807) is 27.0 Å². The molecule has 21 heavy (non-hydrogen) atoms. The molecule has 0 bridgehead atoms. The molecule has 3 rings (SSSR count). The fourth-order valence-corrected chi connectivity index (χ4v) is 4.56. The normalized spacial score (nSPS) is 16.2. The molecule has 6 nitrogen and oxygen atoms in total. The van der Waals surface area contributed by atoms with Gasteiger partial charge in [0.05, 0.1) is 0 Å². The van der Waals surface area contributed by atoms with Crippen molar-refractivity contribution in [1.29, 1.82) is 0 Å². The number of nitrogens with two attached hydrogens (primary N) is 1. The third-order valence-corrected chi connectivity index (χ3v) is 5.52. The molecule has 1 aliphatic carbocycles. The number of pyridine rings is 1. The summed E-state index contributed by atoms with van der Waals surface area (Å²) >= 11 is 0. The number of anilines is 1. The van der Waals surface area contributed by atoms with Crippen LogP contribution in [0.3, 0.4) is 0 Å². The first-order valence-electron chi connectivity index (χ1n) is 7.15. The molecule has 1 saturated carbocycles. The highest BCUT2D eigenvalue weighted by Crippen LogP contribution is 2.34. The van der Waals surface area contributed by atoms with E-state index in [2.05, 4.69) is 4.98 Å². The fraction of sp³-hybridized carbons (Fsp3) is 0.500. The fourth-order valence-electron chi connectivity index (χ4n) is 2.52. The molecule has 0 radical (unpaired) electrons. The Hall–Kier alpha value is -1.60. The summed E-state index contributed by atoms with van der Waals surface area (Å²) in [5.74, 6) is 0.330. The van der Waals surface area contributed by atoms with Crippen LogP contribution in [0.4, 0.5) is 5.82 Å². The highest BCUT2D eigenvalue weighted by molar-refractivity contribution is 7.89. The molecular weight excluding hydrogens is 288 g/mol. The van der Waals surface area contributed by atoms with E-state index in [0.717, 1.165) is 12.8 Å². The highest BCUT2D eigenvalue weighted by Gasteiger charge is 2.40. The molecule has 0 aliphatic heterocycles. The van der Waals surface area contributed by atoms with Gasteiger partial charge in [0.2, 0.25) is 0 Å². The predicted octanol–water partition coefficient (Wildman–Crippen LogP) is 1.73. The average molecular weight is 308 g/mol. The molecule has 1 aliphatic rings. The van der Waals surface area contributed by atoms with Crippen LogP contribution in [0, 0.1) is 5.92 Å². The second-order valence-electron chi connectivity index (χ2n) is 5.93. The maximum atomic E-state index is 13.0. The van der Waals surface area contributed by atoms with Gasteiger partial charge in [-0.3, -0.25) is 4.40 Å². The van der Waals surface area contributed by atoms with E-state index in [9.17, 15) is 8.42 Å². The van der Waals surface area contributed by atoms with Gasteiger partial charge in [-0.2, -0.15) is 4.31 Å². The summed E-state index contributed by atoms with van der Waals surface area (Å²) in [5.41, 5.74) is 6.44. The molecule has 0 saturated heterocycles. The maximum Gasteiger partial charge on any atom is 0.263 e. The largest absolute Gasteiger partial charge is 0.381 e. The maximum absolute atomic E-state index is 13.0. The Morgan fingerprint density at radius 3 is 2.76 bits per heavy atom. The van der Waals surface area contributed by atoms with E-state index in [4.69, 9.17) is 5.73 Å². The quantitative estimate of drug-likeness (QED) is 0.912. The van der Waals surface area contributed by atoms with Gasteiger partial charge in [-0.15, -0.1) is 0 Å². The van der Waals surface area contributed by atoms with Crippen molar-refractivity contribution in [1.82, 2.24) is 13.7 Å². The molecule has 2 aromatic rings. The highest BCUT2D eigenvalue weighted by atomic mass is 32.2. The summed E-state index contributed by atoms with van der Waals surface area (Å²) in [6, 6.07) is 5.44. The average Bonchev–Trinajstić information content (AvgIpc) is 3.16. The molecule has 2 N–H and O–H groups in total. The number of nitrogen functional groups attached to an aromatic ring is 1. The molecule has 2 heterocycles. The number of aromatic nitrogens is 2. The SMILES string of the molecule is CC(C)CN(C1CC1)S(=O)(=O)c1c(N)nc2ccccn12. The zero-order valence-electron chi connectivity index (χ0n) is 12.2. The number of fused-ring (bicyclic) bond motifs is 1. The van der Waals surface area contributed by atoms with Gasteiger partial charge in [0.25, 0.3) is 10.0 Å². The lowest BCUT2D eigenvalue weighted by molar-refractivity contribution is 0.358. The zero-order valence-corrected chi connectivity index (χ0v) is 13.0. The van der Waals surface area contributed by atoms with Gasteiger partial charge in [-0.25, -0.2) is 13.4 Å². The molecule has 2 aromatic heterocycles. The molecule has 0 spiro atoms. The van der Waals surface area contributed by atoms with Crippen molar-refractivity contribution in [2.75, 3.05) is 12.3 Å². The minimum atomic E-state index is -3.64. The Labute approximate surface area is 124 Å². The summed E-state index contributed by atoms with van der Waals surface area (Å²) in [6.45, 7) is 4.54. The van der Waals surface area contributed by atoms with Gasteiger partial charge >= 0.3 is 0 Å². The lowest BCUT2D eigenvalue weighted by Crippen LogP contribution is -2.37. The molecule has 0 unspecified atom stereocenters. The van der Waals surface area contributed by atoms with Crippen LogP contribution in [0.1, 0.15) is 26.7 Å². The van der Waals surface area contributed by atoms with Crippen molar-refractivity contribution in [2.24, 2.45) is 5.92 Å². The Morgan fingerprint density at radius 1 is 1.43 bits per heavy atom. The lowest BCUT2D eigenvalue weighted by Gasteiger charge is -2.23. The van der Waals surface area contributed by atoms with Crippen LogP contribution in [0.2, 0.25) is 0 Å². The minimum Gasteiger partial charge on any atom is -0.381 e. The van der Waals surface area contributed by atoms with Gasteiger partial charge in [0.1, 0.15) is 5.65 Å². The third kappa shape index (κ3) is 2.51. The van der Waals surface area contributed by atoms with E-state index >= 15 is 0 Å². The topological polar surface area (TPSA) is 80.7 Å². The zero-order chi connectivity index (χ0) is 15.2. The molecule has 114 valence electrons. The summed E-state index contributed by atoms with van der Waals surface area (Å²) in [4.78, 5) is 4.16. The van der Waals surface area contributed by atoms with E-state index < -0.39 is 10.0 Å². The van der Waals surface area contributed by atoms with E-state index in [1.165, 1.54) is 0 Å². The first kappa shape index (κ1) is 14.3. The molecule has 0 aromatic carbocycles. The van der Waals surface area contributed by atoms with E-state index in [0.29, 0.717) is 12.2 Å². The number of sulfonamides is 1. The van der Waals surface area contributed by atoms with Crippen LogP contribution in [-0.2, 0) is 10.0 Å². The van der Waals surface area contributed by atoms with Crippen molar-refractivity contribution >= 4 is 21.5 Å². The number of nitrogens with zero attached hydrogens (tertiary/aromatic N) is 3. The van der Waals surface area contributed by atoms with Crippen molar-refractivity contribution in [2.45, 2.75) is 37.8 Å². The summed E-state index contributed by atoms with van der Waals surface area (Å²) in [6.07, 6.45) is 3.53. The molecule has 7 heteroatoms. The third-order valence-electron chi connectivity index (χ3n) is 3.56. The van der Waals surface area contributed by atoms with Crippen LogP contribution >= 0.6 is 0 Å². The van der Waals surface area contributed by atoms with Crippen LogP contribution in [0.25, 0.3) is 5.65 Å². The van der Waals surface area contributed by atoms with Gasteiger partial charge in [0.15, 0.2) is 10.8 Å². The Balaban J connectivity index is 2.12. The Bertz CT molecular complexity index is 762. The first-order valence-corrected chi connectivity index (χ1v) is 8.59. The molecule has 0 atom stereocenters. The molecule has 0 amide bonds. The second-order valence-corrected chi connectivity index (χ2v) is 7.74. The standard InChI is InChI=1S/C14H20N4O2S/c1-10(2)9-18(11-6-7-11)21(19,20)14-13(15)16-12-5-3-4-8-17(12)14/h3-5,8,10-11H,6-7,9,15H2,1-2H3. The summed E-state index contributed by atoms with van der Waals surface area (Å²) < 4.78 is 29.2. The van der Waals surface area contributed by atoms with E-state index in [-0.39, 0.29) is 22.8 Å². The lowest BCUT2D eigenvalue weighted by atomic mass is 10.2. The number of rotatable bonds is 5. The van der Waals surface area contributed by atoms with Crippen LogP contribution in [0.5, 0.6) is 0 Å². The van der Waals surface area contributed by atoms with Crippen LogP contribution in [0.15, 0.2) is 29.4 Å². The van der Waals surface area contributed by atoms with Crippen molar-refractivity contribution < 1.29 is 8.42 Å².